The predicted octanol–water partition coefficient (Wildman–Crippen LogP) is 12.9. The van der Waals surface area contributed by atoms with E-state index in [4.69, 9.17) is 0 Å². The van der Waals surface area contributed by atoms with Crippen molar-refractivity contribution in [3.05, 3.63) is 188 Å². The summed E-state index contributed by atoms with van der Waals surface area (Å²) in [6.45, 7) is 2.36. The zero-order valence-electron chi connectivity index (χ0n) is 28.8. The highest BCUT2D eigenvalue weighted by atomic mass is 15.2. The number of hydrogen-bond acceptors (Lipinski definition) is 1. The second-order valence-electron chi connectivity index (χ2n) is 14.5. The third kappa shape index (κ3) is 4.20. The maximum atomic E-state index is 3.69. The van der Waals surface area contributed by atoms with Gasteiger partial charge in [-0.25, -0.2) is 0 Å². The van der Waals surface area contributed by atoms with Crippen LogP contribution in [-0.2, 0) is 0 Å². The van der Waals surface area contributed by atoms with Crippen LogP contribution in [0.2, 0.25) is 0 Å². The molecule has 246 valence electrons. The largest absolute Gasteiger partial charge is 0.355 e. The molecule has 0 amide bonds. The van der Waals surface area contributed by atoms with Crippen molar-refractivity contribution >= 4 is 55.0 Å². The smallest absolute Gasteiger partial charge is 0.0712 e. The van der Waals surface area contributed by atoms with Gasteiger partial charge in [0.1, 0.15) is 0 Å². The van der Waals surface area contributed by atoms with Crippen molar-refractivity contribution < 1.29 is 0 Å². The van der Waals surface area contributed by atoms with E-state index < -0.39 is 0 Å². The summed E-state index contributed by atoms with van der Waals surface area (Å²) in [7, 11) is 0. The van der Waals surface area contributed by atoms with E-state index in [2.05, 4.69) is 203 Å². The van der Waals surface area contributed by atoms with Crippen molar-refractivity contribution in [3.8, 4) is 27.9 Å². The van der Waals surface area contributed by atoms with E-state index in [0.717, 1.165) is 11.0 Å². The van der Waals surface area contributed by atoms with Gasteiger partial charge in [-0.3, -0.25) is 0 Å². The summed E-state index contributed by atoms with van der Waals surface area (Å²) < 4.78 is 2.37. The number of allylic oxidation sites excluding steroid dienone is 2. The molecule has 0 radical (unpaired) electrons. The number of benzene rings is 7. The number of aromatic amines is 1. The highest BCUT2D eigenvalue weighted by Crippen LogP contribution is 2.54. The van der Waals surface area contributed by atoms with Gasteiger partial charge in [0.05, 0.1) is 16.6 Å². The quantitative estimate of drug-likeness (QED) is 0.199. The first-order valence-corrected chi connectivity index (χ1v) is 18.1. The fourth-order valence-electron chi connectivity index (χ4n) is 9.06. The van der Waals surface area contributed by atoms with Crippen LogP contribution < -0.4 is 4.90 Å². The molecule has 3 heteroatoms. The van der Waals surface area contributed by atoms with Gasteiger partial charge in [0.2, 0.25) is 0 Å². The normalized spacial score (nSPS) is 17.8. The maximum absolute atomic E-state index is 3.69. The van der Waals surface area contributed by atoms with Crippen molar-refractivity contribution in [1.29, 1.82) is 0 Å². The number of anilines is 2. The van der Waals surface area contributed by atoms with E-state index in [1.807, 2.05) is 0 Å². The number of nitrogens with zero attached hydrogens (tertiary/aromatic N) is 2. The lowest BCUT2D eigenvalue weighted by atomic mass is 9.80. The van der Waals surface area contributed by atoms with Crippen LogP contribution in [0.1, 0.15) is 18.4 Å². The van der Waals surface area contributed by atoms with Gasteiger partial charge in [-0.15, -0.1) is 0 Å². The molecule has 0 saturated heterocycles. The number of nitrogens with one attached hydrogen (secondary N) is 1. The van der Waals surface area contributed by atoms with E-state index in [1.54, 1.807) is 0 Å². The monoisotopic (exact) mass is 665 g/mol. The second kappa shape index (κ2) is 11.0. The molecule has 2 aromatic heterocycles. The van der Waals surface area contributed by atoms with Gasteiger partial charge in [-0.2, -0.15) is 0 Å². The van der Waals surface area contributed by atoms with Gasteiger partial charge in [0.25, 0.3) is 0 Å². The number of fused-ring (bicyclic) bond motifs is 9. The molecule has 9 aromatic rings. The first-order valence-electron chi connectivity index (χ1n) is 18.1. The predicted molar refractivity (Wildman–Crippen MR) is 219 cm³/mol. The van der Waals surface area contributed by atoms with Gasteiger partial charge >= 0.3 is 0 Å². The number of aromatic nitrogens is 2. The number of H-pyrrole nitrogens is 1. The molecule has 52 heavy (non-hydrogen) atoms. The van der Waals surface area contributed by atoms with E-state index >= 15 is 0 Å². The van der Waals surface area contributed by atoms with Crippen molar-refractivity contribution in [2.24, 2.45) is 0 Å². The van der Waals surface area contributed by atoms with Gasteiger partial charge in [-0.05, 0) is 114 Å². The average Bonchev–Trinajstić information content (AvgIpc) is 3.82. The number of hydrogen-bond donors (Lipinski definition) is 1. The summed E-state index contributed by atoms with van der Waals surface area (Å²) in [5.41, 5.74) is 14.5. The molecule has 11 rings (SSSR count). The summed E-state index contributed by atoms with van der Waals surface area (Å²) in [6, 6.07) is 57.9. The zero-order valence-corrected chi connectivity index (χ0v) is 28.8. The molecule has 2 atom stereocenters. The maximum Gasteiger partial charge on any atom is 0.0712 e. The van der Waals surface area contributed by atoms with Gasteiger partial charge in [0, 0.05) is 55.6 Å². The number of para-hydroxylation sites is 3. The van der Waals surface area contributed by atoms with Crippen LogP contribution in [-0.4, -0.2) is 15.1 Å². The first-order chi connectivity index (χ1) is 25.6. The summed E-state index contributed by atoms with van der Waals surface area (Å²) in [6.07, 6.45) is 9.12. The second-order valence-corrected chi connectivity index (χ2v) is 14.5. The van der Waals surface area contributed by atoms with Crippen molar-refractivity contribution in [2.45, 2.75) is 18.4 Å². The lowest BCUT2D eigenvalue weighted by molar-refractivity contribution is 0.542. The van der Waals surface area contributed by atoms with Gasteiger partial charge < -0.3 is 14.5 Å². The lowest BCUT2D eigenvalue weighted by Crippen LogP contribution is -2.41. The average molecular weight is 666 g/mol. The van der Waals surface area contributed by atoms with Crippen molar-refractivity contribution in [3.63, 3.8) is 0 Å². The van der Waals surface area contributed by atoms with Crippen LogP contribution >= 0.6 is 0 Å². The van der Waals surface area contributed by atoms with Gasteiger partial charge in [-0.1, -0.05) is 103 Å². The molecule has 2 aliphatic rings. The number of rotatable bonds is 4. The van der Waals surface area contributed by atoms with Crippen LogP contribution in [0.4, 0.5) is 11.4 Å². The Labute approximate surface area is 302 Å². The van der Waals surface area contributed by atoms with E-state index in [1.165, 1.54) is 77.5 Å². The molecule has 3 heterocycles. The van der Waals surface area contributed by atoms with E-state index in [0.29, 0.717) is 0 Å². The fourth-order valence-corrected chi connectivity index (χ4v) is 9.06. The van der Waals surface area contributed by atoms with E-state index in [-0.39, 0.29) is 11.5 Å². The first kappa shape index (κ1) is 29.2. The van der Waals surface area contributed by atoms with Crippen LogP contribution in [0.5, 0.6) is 0 Å². The lowest BCUT2D eigenvalue weighted by Gasteiger charge is -2.39. The molecule has 7 aromatic carbocycles. The molecule has 0 saturated carbocycles. The molecule has 0 spiro atoms. The molecular weight excluding hydrogens is 631 g/mol. The van der Waals surface area contributed by atoms with Gasteiger partial charge in [0.15, 0.2) is 0 Å². The third-order valence-electron chi connectivity index (χ3n) is 11.5. The summed E-state index contributed by atoms with van der Waals surface area (Å²) in [5, 5.41) is 5.01. The molecule has 0 fully saturated rings. The topological polar surface area (TPSA) is 24.0 Å². The molecule has 1 aliphatic carbocycles. The SMILES string of the molecule is CC12C=CC=CC1c1cc(-c3ccc4[nH]c5ccc(-c6ccc7c(c6)c6ccccc6n7-c6ccccc6)cc5c4c3)ccc1N2c1ccccc1. The third-order valence-corrected chi connectivity index (χ3v) is 11.5. The molecule has 1 aliphatic heterocycles. The Hall–Kier alpha value is -6.58. The van der Waals surface area contributed by atoms with Crippen LogP contribution in [0.15, 0.2) is 182 Å². The molecule has 1 N–H and O–H groups in total. The minimum atomic E-state index is -0.159. The molecule has 0 bridgehead atoms. The summed E-state index contributed by atoms with van der Waals surface area (Å²) in [5.74, 6) is 0.270. The molecule has 2 unspecified atom stereocenters. The Kier molecular flexibility index (Phi) is 6.15. The van der Waals surface area contributed by atoms with Crippen LogP contribution in [0, 0.1) is 0 Å². The van der Waals surface area contributed by atoms with Crippen LogP contribution in [0.25, 0.3) is 71.6 Å². The highest BCUT2D eigenvalue weighted by Gasteiger charge is 2.46. The Morgan fingerprint density at radius 2 is 1.08 bits per heavy atom. The summed E-state index contributed by atoms with van der Waals surface area (Å²) >= 11 is 0. The standard InChI is InChI=1S/C49H35N3/c1-49-27-11-10-17-43(49)42-31-35(22-26-48(42)52(49)37-14-6-3-7-15-37)33-20-24-45-40(29-33)39-28-32(19-23-44(39)50-45)34-21-25-47-41(30-34)38-16-8-9-18-46(38)51(47)36-12-4-2-5-13-36/h2-31,43,50H,1H3. The summed E-state index contributed by atoms with van der Waals surface area (Å²) in [4.78, 5) is 6.20. The zero-order chi connectivity index (χ0) is 34.4. The van der Waals surface area contributed by atoms with Crippen molar-refractivity contribution in [1.82, 2.24) is 9.55 Å². The fraction of sp³-hybridized carbons (Fsp3) is 0.0612. The Bertz CT molecular complexity index is 2930. The van der Waals surface area contributed by atoms with E-state index in [9.17, 15) is 0 Å². The van der Waals surface area contributed by atoms with Crippen LogP contribution in [0.3, 0.4) is 0 Å². The minimum absolute atomic E-state index is 0.159. The Balaban J connectivity index is 1.02. The molecular formula is C49H35N3. The minimum Gasteiger partial charge on any atom is -0.355 e. The molecule has 3 nitrogen and oxygen atoms in total. The Morgan fingerprint density at radius 3 is 1.81 bits per heavy atom. The van der Waals surface area contributed by atoms with Crippen molar-refractivity contribution in [2.75, 3.05) is 4.90 Å². The highest BCUT2D eigenvalue weighted by molar-refractivity contribution is 6.12. The Morgan fingerprint density at radius 1 is 0.500 bits per heavy atom.